The Morgan fingerprint density at radius 3 is 2.83 bits per heavy atom. The van der Waals surface area contributed by atoms with Crippen LogP contribution < -0.4 is 5.32 Å². The molecule has 1 nitrogen and oxygen atoms in total. The normalized spacial score (nSPS) is 9.92. The summed E-state index contributed by atoms with van der Waals surface area (Å²) in [6, 6.07) is 5.88. The molecule has 0 aliphatic carbocycles. The van der Waals surface area contributed by atoms with Crippen molar-refractivity contribution >= 4 is 21.6 Å². The van der Waals surface area contributed by atoms with E-state index in [2.05, 4.69) is 21.2 Å². The third-order valence-corrected chi connectivity index (χ3v) is 2.45. The van der Waals surface area contributed by atoms with Crippen molar-refractivity contribution in [1.29, 1.82) is 0 Å². The highest BCUT2D eigenvalue weighted by Gasteiger charge is 1.95. The van der Waals surface area contributed by atoms with E-state index in [-0.39, 0.29) is 6.67 Å². The molecule has 0 bridgehead atoms. The van der Waals surface area contributed by atoms with E-state index in [9.17, 15) is 4.39 Å². The summed E-state index contributed by atoms with van der Waals surface area (Å²) < 4.78 is 12.8. The van der Waals surface area contributed by atoms with Gasteiger partial charge < -0.3 is 5.32 Å². The fraction of sp³-hybridized carbons (Fsp3) is 0.333. The molecular weight excluding hydrogens is 221 g/mol. The zero-order chi connectivity index (χ0) is 8.97. The number of aryl methyl sites for hydroxylation is 1. The maximum atomic E-state index is 11.8. The molecule has 1 aromatic rings. The summed E-state index contributed by atoms with van der Waals surface area (Å²) in [4.78, 5) is 0. The molecule has 0 aliphatic rings. The first-order chi connectivity index (χ1) is 5.74. The van der Waals surface area contributed by atoms with Crippen LogP contribution in [0.1, 0.15) is 5.56 Å². The van der Waals surface area contributed by atoms with Gasteiger partial charge in [-0.1, -0.05) is 22.0 Å². The average Bonchev–Trinajstić information content (AvgIpc) is 2.07. The minimum Gasteiger partial charge on any atom is -0.382 e. The summed E-state index contributed by atoms with van der Waals surface area (Å²) in [5.41, 5.74) is 2.13. The van der Waals surface area contributed by atoms with Gasteiger partial charge in [0.1, 0.15) is 6.67 Å². The smallest absolute Gasteiger partial charge is 0.107 e. The third-order valence-electron chi connectivity index (χ3n) is 1.60. The molecule has 1 aromatic carbocycles. The summed E-state index contributed by atoms with van der Waals surface area (Å²) in [6.45, 7) is 2.05. The summed E-state index contributed by atoms with van der Waals surface area (Å²) >= 11 is 3.40. The second-order valence-corrected chi connectivity index (χ2v) is 3.43. The molecule has 3 heteroatoms. The maximum absolute atomic E-state index is 11.8. The summed E-state index contributed by atoms with van der Waals surface area (Å²) in [5, 5.41) is 2.96. The van der Waals surface area contributed by atoms with Crippen LogP contribution in [-0.2, 0) is 0 Å². The lowest BCUT2D eigenvalue weighted by atomic mass is 10.2. The molecule has 0 unspecified atom stereocenters. The number of rotatable bonds is 3. The van der Waals surface area contributed by atoms with E-state index in [0.717, 1.165) is 10.2 Å². The largest absolute Gasteiger partial charge is 0.382 e. The van der Waals surface area contributed by atoms with Crippen LogP contribution in [0.3, 0.4) is 0 Å². The van der Waals surface area contributed by atoms with Crippen molar-refractivity contribution in [2.45, 2.75) is 6.92 Å². The van der Waals surface area contributed by atoms with Gasteiger partial charge in [-0.2, -0.15) is 0 Å². The van der Waals surface area contributed by atoms with Crippen LogP contribution in [0.15, 0.2) is 22.7 Å². The highest BCUT2D eigenvalue weighted by Crippen LogP contribution is 2.20. The molecule has 0 aromatic heterocycles. The lowest BCUT2D eigenvalue weighted by Gasteiger charge is -2.05. The van der Waals surface area contributed by atoms with E-state index in [1.165, 1.54) is 5.56 Å². The Kier molecular flexibility index (Phi) is 3.53. The Hall–Kier alpha value is -0.570. The first-order valence-electron chi connectivity index (χ1n) is 3.80. The van der Waals surface area contributed by atoms with Crippen molar-refractivity contribution in [3.05, 3.63) is 28.2 Å². The topological polar surface area (TPSA) is 12.0 Å². The monoisotopic (exact) mass is 231 g/mol. The first kappa shape index (κ1) is 9.52. The van der Waals surface area contributed by atoms with E-state index in [1.54, 1.807) is 0 Å². The van der Waals surface area contributed by atoms with Crippen molar-refractivity contribution in [3.63, 3.8) is 0 Å². The zero-order valence-corrected chi connectivity index (χ0v) is 8.49. The quantitative estimate of drug-likeness (QED) is 0.844. The number of nitrogens with one attached hydrogen (secondary N) is 1. The Morgan fingerprint density at radius 2 is 2.25 bits per heavy atom. The summed E-state index contributed by atoms with van der Waals surface area (Å²) in [6.07, 6.45) is 0. The molecule has 0 saturated heterocycles. The Morgan fingerprint density at radius 1 is 1.50 bits per heavy atom. The van der Waals surface area contributed by atoms with Gasteiger partial charge in [0.2, 0.25) is 0 Å². The van der Waals surface area contributed by atoms with Gasteiger partial charge in [0.25, 0.3) is 0 Å². The molecule has 0 amide bonds. The Balaban J connectivity index is 2.69. The van der Waals surface area contributed by atoms with Gasteiger partial charge in [0, 0.05) is 16.7 Å². The second-order valence-electron chi connectivity index (χ2n) is 2.58. The van der Waals surface area contributed by atoms with Crippen LogP contribution in [0.4, 0.5) is 10.1 Å². The van der Waals surface area contributed by atoms with Crippen molar-refractivity contribution in [2.75, 3.05) is 18.5 Å². The molecule has 0 radical (unpaired) electrons. The molecule has 66 valence electrons. The number of halogens is 2. The highest BCUT2D eigenvalue weighted by atomic mass is 79.9. The molecule has 12 heavy (non-hydrogen) atoms. The molecule has 1 N–H and O–H groups in total. The molecule has 0 saturated carbocycles. The van der Waals surface area contributed by atoms with Crippen LogP contribution >= 0.6 is 15.9 Å². The molecule has 0 atom stereocenters. The Bertz CT molecular complexity index is 263. The number of anilines is 1. The van der Waals surface area contributed by atoms with Crippen molar-refractivity contribution in [2.24, 2.45) is 0 Å². The lowest BCUT2D eigenvalue weighted by molar-refractivity contribution is 0.513. The van der Waals surface area contributed by atoms with Crippen LogP contribution in [-0.4, -0.2) is 13.2 Å². The molecule has 0 aliphatic heterocycles. The van der Waals surface area contributed by atoms with Crippen molar-refractivity contribution in [1.82, 2.24) is 0 Å². The SMILES string of the molecule is Cc1ccc(NCCF)cc1Br. The fourth-order valence-electron chi connectivity index (χ4n) is 0.894. The van der Waals surface area contributed by atoms with E-state index in [4.69, 9.17) is 0 Å². The fourth-order valence-corrected chi connectivity index (χ4v) is 1.27. The van der Waals surface area contributed by atoms with E-state index >= 15 is 0 Å². The Labute approximate surface area is 80.1 Å². The molecule has 0 fully saturated rings. The number of hydrogen-bond donors (Lipinski definition) is 1. The van der Waals surface area contributed by atoms with E-state index < -0.39 is 0 Å². The van der Waals surface area contributed by atoms with Crippen molar-refractivity contribution < 1.29 is 4.39 Å². The zero-order valence-electron chi connectivity index (χ0n) is 6.90. The van der Waals surface area contributed by atoms with Gasteiger partial charge in [-0.05, 0) is 24.6 Å². The van der Waals surface area contributed by atoms with E-state index in [0.29, 0.717) is 6.54 Å². The maximum Gasteiger partial charge on any atom is 0.107 e. The summed E-state index contributed by atoms with van der Waals surface area (Å²) in [5.74, 6) is 0. The van der Waals surface area contributed by atoms with Gasteiger partial charge in [-0.25, -0.2) is 4.39 Å². The van der Waals surface area contributed by atoms with Crippen molar-refractivity contribution in [3.8, 4) is 0 Å². The number of alkyl halides is 1. The minimum atomic E-state index is -0.342. The van der Waals surface area contributed by atoms with Crippen LogP contribution in [0.2, 0.25) is 0 Å². The van der Waals surface area contributed by atoms with Crippen LogP contribution in [0, 0.1) is 6.92 Å². The number of hydrogen-bond acceptors (Lipinski definition) is 1. The standard InChI is InChI=1S/C9H11BrFN/c1-7-2-3-8(6-9(7)10)12-5-4-11/h2-3,6,12H,4-5H2,1H3. The van der Waals surface area contributed by atoms with Gasteiger partial charge in [0.15, 0.2) is 0 Å². The summed E-state index contributed by atoms with van der Waals surface area (Å²) in [7, 11) is 0. The van der Waals surface area contributed by atoms with Gasteiger partial charge in [-0.15, -0.1) is 0 Å². The first-order valence-corrected chi connectivity index (χ1v) is 4.59. The number of benzene rings is 1. The van der Waals surface area contributed by atoms with Gasteiger partial charge >= 0.3 is 0 Å². The van der Waals surface area contributed by atoms with E-state index in [1.807, 2.05) is 25.1 Å². The molecular formula is C9H11BrFN. The molecule has 0 spiro atoms. The van der Waals surface area contributed by atoms with Gasteiger partial charge in [-0.3, -0.25) is 0 Å². The predicted molar refractivity (Wildman–Crippen MR) is 53.3 cm³/mol. The van der Waals surface area contributed by atoms with Crippen LogP contribution in [0.5, 0.6) is 0 Å². The average molecular weight is 232 g/mol. The minimum absolute atomic E-state index is 0.342. The molecule has 1 rings (SSSR count). The van der Waals surface area contributed by atoms with Crippen LogP contribution in [0.25, 0.3) is 0 Å². The highest BCUT2D eigenvalue weighted by molar-refractivity contribution is 9.10. The second kappa shape index (κ2) is 4.45. The molecule has 0 heterocycles. The predicted octanol–water partition coefficient (Wildman–Crippen LogP) is 3.14. The lowest BCUT2D eigenvalue weighted by Crippen LogP contribution is -2.02. The third kappa shape index (κ3) is 2.48. The van der Waals surface area contributed by atoms with Gasteiger partial charge in [0.05, 0.1) is 0 Å².